The van der Waals surface area contributed by atoms with Crippen molar-refractivity contribution in [3.8, 4) is 6.07 Å². The van der Waals surface area contributed by atoms with Crippen LogP contribution in [0.15, 0.2) is 29.2 Å². The molecule has 5 nitrogen and oxygen atoms in total. The number of pyridine rings is 1. The molecule has 1 heterocycles. The van der Waals surface area contributed by atoms with Gasteiger partial charge in [0.25, 0.3) is 0 Å². The molecule has 1 aromatic heterocycles. The van der Waals surface area contributed by atoms with E-state index in [1.165, 1.54) is 30.0 Å². The molecule has 1 aromatic carbocycles. The highest BCUT2D eigenvalue weighted by atomic mass is 19.1. The minimum atomic E-state index is -0.579. The van der Waals surface area contributed by atoms with E-state index in [0.29, 0.717) is 5.52 Å². The van der Waals surface area contributed by atoms with Gasteiger partial charge in [0, 0.05) is 11.6 Å². The Hall–Kier alpha value is -2.68. The van der Waals surface area contributed by atoms with Gasteiger partial charge in [-0.3, -0.25) is 9.59 Å². The van der Waals surface area contributed by atoms with Crippen molar-refractivity contribution >= 4 is 16.9 Å². The molecule has 0 spiro atoms. The van der Waals surface area contributed by atoms with Crippen LogP contribution >= 0.6 is 0 Å². The van der Waals surface area contributed by atoms with E-state index in [4.69, 9.17) is 5.26 Å². The van der Waals surface area contributed by atoms with Gasteiger partial charge in [-0.1, -0.05) is 0 Å². The van der Waals surface area contributed by atoms with Gasteiger partial charge >= 0.3 is 5.97 Å². The van der Waals surface area contributed by atoms with Crippen LogP contribution in [0.25, 0.3) is 10.9 Å². The Labute approximate surface area is 107 Å². The van der Waals surface area contributed by atoms with Crippen molar-refractivity contribution in [3.05, 3.63) is 46.0 Å². The number of ether oxygens (including phenoxy) is 1. The average Bonchev–Trinajstić information content (AvgIpc) is 2.41. The zero-order valence-electron chi connectivity index (χ0n) is 10.0. The van der Waals surface area contributed by atoms with E-state index < -0.39 is 17.2 Å². The summed E-state index contributed by atoms with van der Waals surface area (Å²) in [5.41, 5.74) is -0.337. The molecule has 0 aliphatic carbocycles. The number of rotatable bonds is 2. The molecule has 0 amide bonds. The molecule has 0 fully saturated rings. The van der Waals surface area contributed by atoms with Gasteiger partial charge in [0.05, 0.1) is 12.6 Å². The molecular formula is C13H9FN2O3. The van der Waals surface area contributed by atoms with Crippen LogP contribution in [0.4, 0.5) is 4.39 Å². The first-order valence-corrected chi connectivity index (χ1v) is 5.36. The fourth-order valence-corrected chi connectivity index (χ4v) is 1.78. The maximum absolute atomic E-state index is 13.2. The number of aromatic nitrogens is 1. The number of halogens is 1. The summed E-state index contributed by atoms with van der Waals surface area (Å²) in [5.74, 6) is -1.11. The summed E-state index contributed by atoms with van der Waals surface area (Å²) in [6, 6.07) is 5.35. The molecule has 2 aromatic rings. The van der Waals surface area contributed by atoms with E-state index in [9.17, 15) is 14.0 Å². The van der Waals surface area contributed by atoms with Gasteiger partial charge in [0.15, 0.2) is 0 Å². The molecule has 0 aliphatic rings. The van der Waals surface area contributed by atoms with E-state index >= 15 is 0 Å². The van der Waals surface area contributed by atoms with Crippen LogP contribution in [0.1, 0.15) is 5.56 Å². The fraction of sp³-hybridized carbons (Fsp3) is 0.154. The summed E-state index contributed by atoms with van der Waals surface area (Å²) in [6.45, 7) is -0.159. The summed E-state index contributed by atoms with van der Waals surface area (Å²) in [7, 11) is 1.23. The highest BCUT2D eigenvalue weighted by molar-refractivity contribution is 5.82. The molecule has 19 heavy (non-hydrogen) atoms. The lowest BCUT2D eigenvalue weighted by Crippen LogP contribution is -2.17. The first-order valence-electron chi connectivity index (χ1n) is 5.36. The smallest absolute Gasteiger partial charge is 0.325 e. The third kappa shape index (κ3) is 2.31. The largest absolute Gasteiger partial charge is 0.468 e. The third-order valence-electron chi connectivity index (χ3n) is 2.69. The normalized spacial score (nSPS) is 10.2. The van der Waals surface area contributed by atoms with Crippen molar-refractivity contribution in [2.45, 2.75) is 6.54 Å². The van der Waals surface area contributed by atoms with Crippen LogP contribution in [0.5, 0.6) is 0 Å². The molecule has 2 rings (SSSR count). The Kier molecular flexibility index (Phi) is 3.29. The van der Waals surface area contributed by atoms with Crippen molar-refractivity contribution in [1.29, 1.82) is 5.26 Å². The Morgan fingerprint density at radius 2 is 2.26 bits per heavy atom. The van der Waals surface area contributed by atoms with Gasteiger partial charge in [-0.2, -0.15) is 5.26 Å². The second kappa shape index (κ2) is 4.90. The zero-order chi connectivity index (χ0) is 14.0. The van der Waals surface area contributed by atoms with Crippen LogP contribution < -0.4 is 5.43 Å². The van der Waals surface area contributed by atoms with Gasteiger partial charge in [-0.25, -0.2) is 4.39 Å². The van der Waals surface area contributed by atoms with Crippen molar-refractivity contribution < 1.29 is 13.9 Å². The molecular weight excluding hydrogens is 251 g/mol. The van der Waals surface area contributed by atoms with E-state index in [-0.39, 0.29) is 17.5 Å². The number of carbonyl (C=O) groups excluding carboxylic acids is 1. The lowest BCUT2D eigenvalue weighted by molar-refractivity contribution is -0.141. The minimum absolute atomic E-state index is 0.0583. The molecule has 0 unspecified atom stereocenters. The van der Waals surface area contributed by atoms with E-state index in [1.54, 1.807) is 6.07 Å². The summed E-state index contributed by atoms with van der Waals surface area (Å²) < 4.78 is 19.1. The van der Waals surface area contributed by atoms with E-state index in [1.807, 2.05) is 0 Å². The van der Waals surface area contributed by atoms with Gasteiger partial charge < -0.3 is 9.30 Å². The number of hydrogen-bond acceptors (Lipinski definition) is 4. The monoisotopic (exact) mass is 260 g/mol. The maximum atomic E-state index is 13.2. The molecule has 0 aliphatic heterocycles. The van der Waals surface area contributed by atoms with Crippen LogP contribution in [0.3, 0.4) is 0 Å². The highest BCUT2D eigenvalue weighted by Gasteiger charge is 2.12. The SMILES string of the molecule is COC(=O)Cn1cc(C#N)c(=O)c2cc(F)ccc21. The van der Waals surface area contributed by atoms with Crippen molar-refractivity contribution in [2.24, 2.45) is 0 Å². The van der Waals surface area contributed by atoms with Crippen molar-refractivity contribution in [2.75, 3.05) is 7.11 Å². The van der Waals surface area contributed by atoms with Crippen LogP contribution in [-0.2, 0) is 16.1 Å². The lowest BCUT2D eigenvalue weighted by atomic mass is 10.1. The predicted molar refractivity (Wildman–Crippen MR) is 64.9 cm³/mol. The molecule has 6 heteroatoms. The molecule has 0 atom stereocenters. The summed E-state index contributed by atoms with van der Waals surface area (Å²) in [6.07, 6.45) is 1.26. The summed E-state index contributed by atoms with van der Waals surface area (Å²) in [4.78, 5) is 23.2. The minimum Gasteiger partial charge on any atom is -0.468 e. The number of nitrogens with zero attached hydrogens (tertiary/aromatic N) is 2. The average molecular weight is 260 g/mol. The summed E-state index contributed by atoms with van der Waals surface area (Å²) >= 11 is 0. The maximum Gasteiger partial charge on any atom is 0.325 e. The van der Waals surface area contributed by atoms with Gasteiger partial charge in [0.2, 0.25) is 5.43 Å². The number of methoxy groups -OCH3 is 1. The molecule has 0 saturated carbocycles. The molecule has 0 bridgehead atoms. The topological polar surface area (TPSA) is 72.1 Å². The van der Waals surface area contributed by atoms with Crippen LogP contribution in [-0.4, -0.2) is 17.6 Å². The van der Waals surface area contributed by atoms with Crippen molar-refractivity contribution in [1.82, 2.24) is 4.57 Å². The Bertz CT molecular complexity index is 759. The molecule has 0 radical (unpaired) electrons. The second-order valence-corrected chi connectivity index (χ2v) is 3.85. The first-order chi connectivity index (χ1) is 9.06. The summed E-state index contributed by atoms with van der Waals surface area (Å²) in [5, 5.41) is 8.95. The Morgan fingerprint density at radius 3 is 2.89 bits per heavy atom. The number of carbonyl (C=O) groups is 1. The van der Waals surface area contributed by atoms with Gasteiger partial charge in [-0.15, -0.1) is 0 Å². The third-order valence-corrected chi connectivity index (χ3v) is 2.69. The molecule has 96 valence electrons. The standard InChI is InChI=1S/C13H9FN2O3/c1-19-12(17)7-16-6-8(5-15)13(18)10-4-9(14)2-3-11(10)16/h2-4,6H,7H2,1H3. The second-order valence-electron chi connectivity index (χ2n) is 3.85. The number of nitriles is 1. The van der Waals surface area contributed by atoms with E-state index in [2.05, 4.69) is 4.74 Å². The number of benzene rings is 1. The number of hydrogen-bond donors (Lipinski definition) is 0. The quantitative estimate of drug-likeness (QED) is 0.760. The Morgan fingerprint density at radius 1 is 1.53 bits per heavy atom. The zero-order valence-corrected chi connectivity index (χ0v) is 10.0. The van der Waals surface area contributed by atoms with Crippen LogP contribution in [0, 0.1) is 17.1 Å². The Balaban J connectivity index is 2.77. The van der Waals surface area contributed by atoms with E-state index in [0.717, 1.165) is 6.07 Å². The molecule has 0 saturated heterocycles. The first kappa shape index (κ1) is 12.8. The molecule has 0 N–H and O–H groups in total. The number of fused-ring (bicyclic) bond motifs is 1. The van der Waals surface area contributed by atoms with Gasteiger partial charge in [-0.05, 0) is 18.2 Å². The number of esters is 1. The fourth-order valence-electron chi connectivity index (χ4n) is 1.78. The van der Waals surface area contributed by atoms with Gasteiger partial charge in [0.1, 0.15) is 24.0 Å². The lowest BCUT2D eigenvalue weighted by Gasteiger charge is -2.10. The predicted octanol–water partition coefficient (Wildman–Crippen LogP) is 1.19. The van der Waals surface area contributed by atoms with Crippen LogP contribution in [0.2, 0.25) is 0 Å². The highest BCUT2D eigenvalue weighted by Crippen LogP contribution is 2.13. The van der Waals surface area contributed by atoms with Crippen molar-refractivity contribution in [3.63, 3.8) is 0 Å².